The molecule has 1 unspecified atom stereocenters. The molecular formula is C11H21NO2S. The van der Waals surface area contributed by atoms with E-state index >= 15 is 0 Å². The highest BCUT2D eigenvalue weighted by molar-refractivity contribution is 7.92. The molecule has 0 aromatic rings. The van der Waals surface area contributed by atoms with Crippen LogP contribution < -0.4 is 5.32 Å². The highest BCUT2D eigenvalue weighted by Crippen LogP contribution is 2.22. The van der Waals surface area contributed by atoms with Gasteiger partial charge in [-0.2, -0.15) is 0 Å². The number of rotatable bonds is 5. The van der Waals surface area contributed by atoms with Crippen LogP contribution in [0.15, 0.2) is 12.7 Å². The third-order valence-corrected chi connectivity index (χ3v) is 5.54. The van der Waals surface area contributed by atoms with Crippen LogP contribution >= 0.6 is 0 Å². The number of hydrogen-bond acceptors (Lipinski definition) is 3. The van der Waals surface area contributed by atoms with Gasteiger partial charge in [0.2, 0.25) is 0 Å². The quantitative estimate of drug-likeness (QED) is 0.727. The molecule has 0 aromatic carbocycles. The van der Waals surface area contributed by atoms with Crippen LogP contribution in [0.4, 0.5) is 0 Å². The lowest BCUT2D eigenvalue weighted by Crippen LogP contribution is -2.37. The molecule has 1 aliphatic heterocycles. The molecule has 1 fully saturated rings. The van der Waals surface area contributed by atoms with Crippen molar-refractivity contribution in [2.24, 2.45) is 5.92 Å². The fraction of sp³-hybridized carbons (Fsp3) is 0.818. The van der Waals surface area contributed by atoms with E-state index in [1.807, 2.05) is 6.92 Å². The Morgan fingerprint density at radius 1 is 1.47 bits per heavy atom. The SMILES string of the molecule is C=CCCS(=O)(=O)C(C)C1CCNCC1. The van der Waals surface area contributed by atoms with Gasteiger partial charge < -0.3 is 5.32 Å². The van der Waals surface area contributed by atoms with Gasteiger partial charge in [0.25, 0.3) is 0 Å². The maximum Gasteiger partial charge on any atom is 0.153 e. The fourth-order valence-corrected chi connectivity index (χ4v) is 3.77. The average Bonchev–Trinajstić information content (AvgIpc) is 2.26. The summed E-state index contributed by atoms with van der Waals surface area (Å²) in [7, 11) is -2.92. The second-order valence-corrected chi connectivity index (χ2v) is 6.71. The molecule has 0 amide bonds. The van der Waals surface area contributed by atoms with Crippen LogP contribution in [0.5, 0.6) is 0 Å². The summed E-state index contributed by atoms with van der Waals surface area (Å²) in [5, 5.41) is 3.06. The van der Waals surface area contributed by atoms with Crippen molar-refractivity contribution in [3.63, 3.8) is 0 Å². The summed E-state index contributed by atoms with van der Waals surface area (Å²) in [6.45, 7) is 7.32. The fourth-order valence-electron chi connectivity index (χ4n) is 2.04. The molecule has 1 atom stereocenters. The molecule has 0 aromatic heterocycles. The zero-order chi connectivity index (χ0) is 11.3. The topological polar surface area (TPSA) is 46.2 Å². The molecule has 0 aliphatic carbocycles. The molecule has 1 aliphatic rings. The molecule has 0 bridgehead atoms. The van der Waals surface area contributed by atoms with Crippen molar-refractivity contribution in [1.82, 2.24) is 5.32 Å². The summed E-state index contributed by atoms with van der Waals surface area (Å²) in [5.74, 6) is 0.586. The van der Waals surface area contributed by atoms with Crippen LogP contribution in [-0.4, -0.2) is 32.5 Å². The van der Waals surface area contributed by atoms with E-state index in [1.54, 1.807) is 6.08 Å². The first-order chi connectivity index (χ1) is 7.08. The Kier molecular flexibility index (Phi) is 4.80. The Labute approximate surface area is 92.9 Å². The number of piperidine rings is 1. The Bertz CT molecular complexity index is 292. The Morgan fingerprint density at radius 2 is 2.07 bits per heavy atom. The van der Waals surface area contributed by atoms with Gasteiger partial charge in [-0.05, 0) is 45.2 Å². The molecule has 1 N–H and O–H groups in total. The summed E-state index contributed by atoms with van der Waals surface area (Å²) >= 11 is 0. The van der Waals surface area contributed by atoms with Crippen molar-refractivity contribution in [3.8, 4) is 0 Å². The van der Waals surface area contributed by atoms with Crippen molar-refractivity contribution < 1.29 is 8.42 Å². The lowest BCUT2D eigenvalue weighted by Gasteiger charge is -2.27. The minimum atomic E-state index is -2.92. The van der Waals surface area contributed by atoms with Crippen molar-refractivity contribution in [2.75, 3.05) is 18.8 Å². The van der Waals surface area contributed by atoms with Gasteiger partial charge >= 0.3 is 0 Å². The summed E-state index contributed by atoms with van der Waals surface area (Å²) in [6, 6.07) is 0. The minimum Gasteiger partial charge on any atom is -0.317 e. The molecule has 1 rings (SSSR count). The predicted molar refractivity (Wildman–Crippen MR) is 63.7 cm³/mol. The van der Waals surface area contributed by atoms with Gasteiger partial charge in [-0.1, -0.05) is 6.08 Å². The van der Waals surface area contributed by atoms with E-state index in [9.17, 15) is 8.42 Å². The zero-order valence-corrected chi connectivity index (χ0v) is 10.2. The molecule has 3 nitrogen and oxygen atoms in total. The normalized spacial score (nSPS) is 21.1. The van der Waals surface area contributed by atoms with Gasteiger partial charge in [0, 0.05) is 0 Å². The van der Waals surface area contributed by atoms with Crippen LogP contribution in [-0.2, 0) is 9.84 Å². The van der Waals surface area contributed by atoms with Crippen LogP contribution in [0.3, 0.4) is 0 Å². The second kappa shape index (κ2) is 5.66. The van der Waals surface area contributed by atoms with E-state index in [4.69, 9.17) is 0 Å². The first-order valence-electron chi connectivity index (χ1n) is 5.61. The van der Waals surface area contributed by atoms with Gasteiger partial charge in [0.1, 0.15) is 0 Å². The van der Waals surface area contributed by atoms with E-state index in [2.05, 4.69) is 11.9 Å². The van der Waals surface area contributed by atoms with E-state index in [-0.39, 0.29) is 11.0 Å². The van der Waals surface area contributed by atoms with E-state index in [0.29, 0.717) is 12.3 Å². The van der Waals surface area contributed by atoms with Crippen LogP contribution in [0.1, 0.15) is 26.2 Å². The van der Waals surface area contributed by atoms with Gasteiger partial charge in [-0.25, -0.2) is 8.42 Å². The van der Waals surface area contributed by atoms with Gasteiger partial charge in [-0.3, -0.25) is 0 Å². The Hall–Kier alpha value is -0.350. The monoisotopic (exact) mass is 231 g/mol. The molecule has 1 heterocycles. The summed E-state index contributed by atoms with van der Waals surface area (Å²) in [5.41, 5.74) is 0. The van der Waals surface area contributed by atoms with Crippen LogP contribution in [0.2, 0.25) is 0 Å². The maximum atomic E-state index is 11.9. The smallest absolute Gasteiger partial charge is 0.153 e. The Morgan fingerprint density at radius 3 is 2.60 bits per heavy atom. The number of hydrogen-bond donors (Lipinski definition) is 1. The van der Waals surface area contributed by atoms with Gasteiger partial charge in [-0.15, -0.1) is 6.58 Å². The molecule has 4 heteroatoms. The first-order valence-corrected chi connectivity index (χ1v) is 7.32. The summed E-state index contributed by atoms with van der Waals surface area (Å²) < 4.78 is 23.8. The number of sulfone groups is 1. The molecule has 1 saturated heterocycles. The number of nitrogens with one attached hydrogen (secondary N) is 1. The van der Waals surface area contributed by atoms with Crippen LogP contribution in [0.25, 0.3) is 0 Å². The van der Waals surface area contributed by atoms with Crippen molar-refractivity contribution in [1.29, 1.82) is 0 Å². The van der Waals surface area contributed by atoms with Crippen molar-refractivity contribution in [3.05, 3.63) is 12.7 Å². The van der Waals surface area contributed by atoms with E-state index < -0.39 is 9.84 Å². The molecule has 0 radical (unpaired) electrons. The minimum absolute atomic E-state index is 0.195. The van der Waals surface area contributed by atoms with Crippen molar-refractivity contribution >= 4 is 9.84 Å². The number of allylic oxidation sites excluding steroid dienone is 1. The van der Waals surface area contributed by atoms with Gasteiger partial charge in [0.15, 0.2) is 9.84 Å². The van der Waals surface area contributed by atoms with E-state index in [1.165, 1.54) is 0 Å². The molecule has 0 saturated carbocycles. The second-order valence-electron chi connectivity index (χ2n) is 4.24. The highest BCUT2D eigenvalue weighted by atomic mass is 32.2. The third-order valence-electron chi connectivity index (χ3n) is 3.22. The molecule has 15 heavy (non-hydrogen) atoms. The standard InChI is InChI=1S/C11H21NO2S/c1-3-4-9-15(13,14)10(2)11-5-7-12-8-6-11/h3,10-12H,1,4-9H2,2H3. The lowest BCUT2D eigenvalue weighted by atomic mass is 9.95. The molecule has 88 valence electrons. The zero-order valence-electron chi connectivity index (χ0n) is 9.41. The molecular weight excluding hydrogens is 210 g/mol. The third kappa shape index (κ3) is 3.61. The lowest BCUT2D eigenvalue weighted by molar-refractivity contribution is 0.363. The van der Waals surface area contributed by atoms with E-state index in [0.717, 1.165) is 25.9 Å². The Balaban J connectivity index is 2.56. The highest BCUT2D eigenvalue weighted by Gasteiger charge is 2.29. The summed E-state index contributed by atoms with van der Waals surface area (Å²) in [6.07, 6.45) is 4.20. The predicted octanol–water partition coefficient (Wildman–Crippen LogP) is 1.37. The maximum absolute atomic E-state index is 11.9. The molecule has 0 spiro atoms. The van der Waals surface area contributed by atoms with Crippen molar-refractivity contribution in [2.45, 2.75) is 31.4 Å². The largest absolute Gasteiger partial charge is 0.317 e. The average molecular weight is 231 g/mol. The summed E-state index contributed by atoms with van der Waals surface area (Å²) in [4.78, 5) is 0. The van der Waals surface area contributed by atoms with Gasteiger partial charge in [0.05, 0.1) is 11.0 Å². The van der Waals surface area contributed by atoms with Crippen LogP contribution in [0, 0.1) is 5.92 Å². The first kappa shape index (κ1) is 12.7.